The average molecular weight is 404 g/mol. The SMILES string of the molecule is CCCNC(=O)N1CCC(Oc2ccc(-c3ccc4cccnc4c3C)cc2)CC1. The smallest absolute Gasteiger partial charge is 0.317 e. The van der Waals surface area contributed by atoms with Gasteiger partial charge in [-0.1, -0.05) is 37.3 Å². The lowest BCUT2D eigenvalue weighted by Gasteiger charge is -2.32. The minimum atomic E-state index is 0.0416. The van der Waals surface area contributed by atoms with Gasteiger partial charge in [0.25, 0.3) is 0 Å². The Bertz CT molecular complexity index is 1010. The van der Waals surface area contributed by atoms with Crippen LogP contribution in [0.5, 0.6) is 5.75 Å². The van der Waals surface area contributed by atoms with Crippen LogP contribution in [0, 0.1) is 6.92 Å². The molecule has 2 heterocycles. The van der Waals surface area contributed by atoms with E-state index in [1.807, 2.05) is 29.3 Å². The van der Waals surface area contributed by atoms with Crippen molar-refractivity contribution < 1.29 is 9.53 Å². The fourth-order valence-electron chi connectivity index (χ4n) is 4.03. The molecule has 2 aromatic carbocycles. The molecule has 5 nitrogen and oxygen atoms in total. The topological polar surface area (TPSA) is 54.5 Å². The van der Waals surface area contributed by atoms with Crippen LogP contribution in [0.2, 0.25) is 0 Å². The van der Waals surface area contributed by atoms with E-state index in [1.54, 1.807) is 0 Å². The molecule has 156 valence electrons. The molecule has 0 spiro atoms. The highest BCUT2D eigenvalue weighted by Crippen LogP contribution is 2.30. The maximum absolute atomic E-state index is 12.1. The summed E-state index contributed by atoms with van der Waals surface area (Å²) in [5, 5.41) is 4.11. The Labute approximate surface area is 178 Å². The number of ether oxygens (including phenoxy) is 1. The monoisotopic (exact) mass is 403 g/mol. The number of amides is 2. The van der Waals surface area contributed by atoms with Crippen LogP contribution in [0.1, 0.15) is 31.7 Å². The predicted molar refractivity (Wildman–Crippen MR) is 121 cm³/mol. The molecule has 30 heavy (non-hydrogen) atoms. The number of benzene rings is 2. The molecule has 0 aliphatic carbocycles. The quantitative estimate of drug-likeness (QED) is 0.639. The molecular weight excluding hydrogens is 374 g/mol. The Kier molecular flexibility index (Phi) is 6.17. The minimum absolute atomic E-state index is 0.0416. The molecule has 0 atom stereocenters. The number of piperidine rings is 1. The summed E-state index contributed by atoms with van der Waals surface area (Å²) in [4.78, 5) is 18.5. The molecule has 1 aliphatic heterocycles. The molecular formula is C25H29N3O2. The second kappa shape index (κ2) is 9.16. The number of carbonyl (C=O) groups is 1. The number of urea groups is 1. The lowest BCUT2D eigenvalue weighted by Crippen LogP contribution is -2.46. The van der Waals surface area contributed by atoms with Crippen molar-refractivity contribution in [3.05, 3.63) is 60.3 Å². The summed E-state index contributed by atoms with van der Waals surface area (Å²) in [6.07, 6.45) is 4.66. The standard InChI is InChI=1S/C25H29N3O2/c1-3-14-27-25(29)28-16-12-22(13-17-28)30-21-9-6-19(7-10-21)23-11-8-20-5-4-15-26-24(20)18(23)2/h4-11,15,22H,3,12-14,16-17H2,1-2H3,(H,27,29). The average Bonchev–Trinajstić information content (AvgIpc) is 2.79. The number of aryl methyl sites for hydroxylation is 1. The first-order valence-electron chi connectivity index (χ1n) is 10.8. The second-order valence-corrected chi connectivity index (χ2v) is 7.87. The Morgan fingerprint density at radius 1 is 1.13 bits per heavy atom. The van der Waals surface area contributed by atoms with Gasteiger partial charge >= 0.3 is 6.03 Å². The summed E-state index contributed by atoms with van der Waals surface area (Å²) < 4.78 is 6.19. The van der Waals surface area contributed by atoms with Crippen molar-refractivity contribution in [2.45, 2.75) is 39.2 Å². The third kappa shape index (κ3) is 4.40. The lowest BCUT2D eigenvalue weighted by molar-refractivity contribution is 0.111. The summed E-state index contributed by atoms with van der Waals surface area (Å²) in [6, 6.07) is 16.7. The third-order valence-electron chi connectivity index (χ3n) is 5.75. The minimum Gasteiger partial charge on any atom is -0.490 e. The van der Waals surface area contributed by atoms with Gasteiger partial charge in [-0.2, -0.15) is 0 Å². The summed E-state index contributed by atoms with van der Waals surface area (Å²) >= 11 is 0. The summed E-state index contributed by atoms with van der Waals surface area (Å²) in [5.74, 6) is 0.879. The molecule has 1 N–H and O–H groups in total. The highest BCUT2D eigenvalue weighted by Gasteiger charge is 2.23. The van der Waals surface area contributed by atoms with E-state index in [0.29, 0.717) is 0 Å². The number of nitrogens with one attached hydrogen (secondary N) is 1. The van der Waals surface area contributed by atoms with Gasteiger partial charge in [-0.05, 0) is 48.2 Å². The van der Waals surface area contributed by atoms with E-state index in [2.05, 4.69) is 54.5 Å². The molecule has 0 unspecified atom stereocenters. The largest absolute Gasteiger partial charge is 0.490 e. The van der Waals surface area contributed by atoms with Crippen LogP contribution in [0.3, 0.4) is 0 Å². The second-order valence-electron chi connectivity index (χ2n) is 7.87. The number of aromatic nitrogens is 1. The molecule has 1 saturated heterocycles. The van der Waals surface area contributed by atoms with E-state index >= 15 is 0 Å². The van der Waals surface area contributed by atoms with Gasteiger partial charge in [-0.25, -0.2) is 4.79 Å². The molecule has 1 fully saturated rings. The van der Waals surface area contributed by atoms with Crippen molar-refractivity contribution >= 4 is 16.9 Å². The molecule has 3 aromatic rings. The number of pyridine rings is 1. The Morgan fingerprint density at radius 2 is 1.90 bits per heavy atom. The summed E-state index contributed by atoms with van der Waals surface area (Å²) in [7, 11) is 0. The third-order valence-corrected chi connectivity index (χ3v) is 5.75. The van der Waals surface area contributed by atoms with E-state index in [0.717, 1.165) is 61.1 Å². The fraction of sp³-hybridized carbons (Fsp3) is 0.360. The highest BCUT2D eigenvalue weighted by molar-refractivity contribution is 5.88. The Morgan fingerprint density at radius 3 is 2.63 bits per heavy atom. The van der Waals surface area contributed by atoms with Crippen LogP contribution in [-0.4, -0.2) is 41.7 Å². The number of hydrogen-bond donors (Lipinski definition) is 1. The molecule has 1 aromatic heterocycles. The Hall–Kier alpha value is -3.08. The number of nitrogens with zero attached hydrogens (tertiary/aromatic N) is 2. The van der Waals surface area contributed by atoms with Crippen LogP contribution in [0.4, 0.5) is 4.79 Å². The first kappa shape index (κ1) is 20.2. The van der Waals surface area contributed by atoms with Crippen molar-refractivity contribution in [2.24, 2.45) is 0 Å². The first-order valence-corrected chi connectivity index (χ1v) is 10.8. The fourth-order valence-corrected chi connectivity index (χ4v) is 4.03. The molecule has 1 aliphatic rings. The molecule has 2 amide bonds. The Balaban J connectivity index is 1.38. The molecule has 0 radical (unpaired) electrons. The van der Waals surface area contributed by atoms with Crippen molar-refractivity contribution in [2.75, 3.05) is 19.6 Å². The van der Waals surface area contributed by atoms with Crippen LogP contribution in [0.25, 0.3) is 22.0 Å². The van der Waals surface area contributed by atoms with E-state index in [9.17, 15) is 4.79 Å². The van der Waals surface area contributed by atoms with E-state index in [-0.39, 0.29) is 12.1 Å². The van der Waals surface area contributed by atoms with Crippen molar-refractivity contribution in [3.8, 4) is 16.9 Å². The van der Waals surface area contributed by atoms with Crippen molar-refractivity contribution in [1.29, 1.82) is 0 Å². The normalized spacial score (nSPS) is 14.7. The van der Waals surface area contributed by atoms with Crippen LogP contribution in [0.15, 0.2) is 54.7 Å². The van der Waals surface area contributed by atoms with Gasteiger partial charge in [0.15, 0.2) is 0 Å². The van der Waals surface area contributed by atoms with Gasteiger partial charge in [0.1, 0.15) is 11.9 Å². The number of hydrogen-bond acceptors (Lipinski definition) is 3. The number of rotatable bonds is 5. The zero-order valence-electron chi connectivity index (χ0n) is 17.7. The highest BCUT2D eigenvalue weighted by atomic mass is 16.5. The van der Waals surface area contributed by atoms with Crippen molar-refractivity contribution in [1.82, 2.24) is 15.2 Å². The molecule has 5 heteroatoms. The zero-order chi connectivity index (χ0) is 20.9. The number of fused-ring (bicyclic) bond motifs is 1. The van der Waals surface area contributed by atoms with Crippen molar-refractivity contribution in [3.63, 3.8) is 0 Å². The lowest BCUT2D eigenvalue weighted by atomic mass is 9.98. The maximum atomic E-state index is 12.1. The number of likely N-dealkylation sites (tertiary alicyclic amines) is 1. The predicted octanol–water partition coefficient (Wildman–Crippen LogP) is 5.17. The van der Waals surface area contributed by atoms with Crippen LogP contribution >= 0.6 is 0 Å². The number of carbonyl (C=O) groups excluding carboxylic acids is 1. The molecule has 0 saturated carbocycles. The van der Waals surface area contributed by atoms with E-state index < -0.39 is 0 Å². The maximum Gasteiger partial charge on any atom is 0.317 e. The first-order chi connectivity index (χ1) is 14.7. The van der Waals surface area contributed by atoms with Gasteiger partial charge in [0.05, 0.1) is 5.52 Å². The van der Waals surface area contributed by atoms with E-state index in [1.165, 1.54) is 11.1 Å². The zero-order valence-corrected chi connectivity index (χ0v) is 17.7. The van der Waals surface area contributed by atoms with Crippen LogP contribution in [-0.2, 0) is 0 Å². The molecule has 0 bridgehead atoms. The van der Waals surface area contributed by atoms with Gasteiger partial charge in [0, 0.05) is 44.1 Å². The van der Waals surface area contributed by atoms with Gasteiger partial charge in [0.2, 0.25) is 0 Å². The summed E-state index contributed by atoms with van der Waals surface area (Å²) in [6.45, 7) is 6.39. The summed E-state index contributed by atoms with van der Waals surface area (Å²) in [5.41, 5.74) is 4.59. The molecule has 4 rings (SSSR count). The van der Waals surface area contributed by atoms with Crippen LogP contribution < -0.4 is 10.1 Å². The van der Waals surface area contributed by atoms with Gasteiger partial charge in [-0.3, -0.25) is 4.98 Å². The van der Waals surface area contributed by atoms with Gasteiger partial charge < -0.3 is 15.0 Å². The van der Waals surface area contributed by atoms with E-state index in [4.69, 9.17) is 4.74 Å². The van der Waals surface area contributed by atoms with Gasteiger partial charge in [-0.15, -0.1) is 0 Å².